The summed E-state index contributed by atoms with van der Waals surface area (Å²) in [7, 11) is 1.68. The standard InChI is InChI=1S/C22H34N4O3/c1-16(12-17-6-8-19(28-5)9-7-17)13-23-20-24-14-18-15-25(10-11-26(18)20)21(27)29-22(2,3)4/h6-9,16,18H,10-15H2,1-5H3,(H,23,24). The normalized spacial score (nSPS) is 20.0. The second-order valence-corrected chi connectivity index (χ2v) is 8.98. The lowest BCUT2D eigenvalue weighted by Gasteiger charge is -2.39. The monoisotopic (exact) mass is 402 g/mol. The SMILES string of the molecule is COc1ccc(CC(C)CNC2=NCC3CN(C(=O)OC(C)(C)C)CCN23)cc1. The van der Waals surface area contributed by atoms with E-state index in [9.17, 15) is 4.79 Å². The van der Waals surface area contributed by atoms with Crippen molar-refractivity contribution in [1.82, 2.24) is 15.1 Å². The number of amides is 1. The van der Waals surface area contributed by atoms with Gasteiger partial charge in [-0.3, -0.25) is 4.99 Å². The average Bonchev–Trinajstić information content (AvgIpc) is 3.08. The molecule has 1 N–H and O–H groups in total. The molecule has 160 valence electrons. The maximum absolute atomic E-state index is 12.3. The molecule has 2 atom stereocenters. The first-order valence-electron chi connectivity index (χ1n) is 10.4. The van der Waals surface area contributed by atoms with E-state index in [1.54, 1.807) is 12.0 Å². The highest BCUT2D eigenvalue weighted by atomic mass is 16.6. The molecule has 1 fully saturated rings. The van der Waals surface area contributed by atoms with E-state index in [1.807, 2.05) is 32.9 Å². The number of rotatable bonds is 5. The van der Waals surface area contributed by atoms with Gasteiger partial charge in [0, 0.05) is 26.2 Å². The first kappa shape index (κ1) is 21.3. The number of aliphatic imine (C=N–C) groups is 1. The highest BCUT2D eigenvalue weighted by Gasteiger charge is 2.36. The van der Waals surface area contributed by atoms with Crippen molar-refractivity contribution in [2.45, 2.75) is 45.8 Å². The summed E-state index contributed by atoms with van der Waals surface area (Å²) in [6.45, 7) is 11.6. The van der Waals surface area contributed by atoms with E-state index in [1.165, 1.54) is 5.56 Å². The van der Waals surface area contributed by atoms with Gasteiger partial charge in [0.2, 0.25) is 0 Å². The van der Waals surface area contributed by atoms with E-state index in [2.05, 4.69) is 34.3 Å². The number of guanidine groups is 1. The van der Waals surface area contributed by atoms with Crippen molar-refractivity contribution in [3.05, 3.63) is 29.8 Å². The van der Waals surface area contributed by atoms with Gasteiger partial charge in [-0.05, 0) is 50.8 Å². The van der Waals surface area contributed by atoms with Gasteiger partial charge >= 0.3 is 6.09 Å². The topological polar surface area (TPSA) is 66.4 Å². The number of carbonyl (C=O) groups is 1. The quantitative estimate of drug-likeness (QED) is 0.820. The third-order valence-electron chi connectivity index (χ3n) is 5.21. The molecule has 0 radical (unpaired) electrons. The molecule has 7 heteroatoms. The summed E-state index contributed by atoms with van der Waals surface area (Å²) in [5, 5.41) is 3.52. The van der Waals surface area contributed by atoms with Crippen LogP contribution in [0.1, 0.15) is 33.3 Å². The number of nitrogens with zero attached hydrogens (tertiary/aromatic N) is 3. The predicted molar refractivity (Wildman–Crippen MR) is 114 cm³/mol. The largest absolute Gasteiger partial charge is 0.497 e. The van der Waals surface area contributed by atoms with E-state index >= 15 is 0 Å². The minimum atomic E-state index is -0.465. The molecule has 2 aliphatic heterocycles. The molecule has 0 saturated carbocycles. The number of hydrogen-bond donors (Lipinski definition) is 1. The Labute approximate surface area is 174 Å². The van der Waals surface area contributed by atoms with Gasteiger partial charge in [-0.25, -0.2) is 4.79 Å². The van der Waals surface area contributed by atoms with Gasteiger partial charge in [0.25, 0.3) is 0 Å². The first-order valence-corrected chi connectivity index (χ1v) is 10.4. The van der Waals surface area contributed by atoms with Crippen LogP contribution in [0.3, 0.4) is 0 Å². The van der Waals surface area contributed by atoms with Gasteiger partial charge in [-0.2, -0.15) is 0 Å². The van der Waals surface area contributed by atoms with Crippen LogP contribution >= 0.6 is 0 Å². The number of carbonyl (C=O) groups excluding carboxylic acids is 1. The predicted octanol–water partition coefficient (Wildman–Crippen LogP) is 2.75. The molecule has 29 heavy (non-hydrogen) atoms. The number of hydrogen-bond acceptors (Lipinski definition) is 6. The molecule has 1 aromatic carbocycles. The summed E-state index contributed by atoms with van der Waals surface area (Å²) in [6.07, 6.45) is 0.770. The van der Waals surface area contributed by atoms with Gasteiger partial charge in [-0.1, -0.05) is 19.1 Å². The van der Waals surface area contributed by atoms with Crippen molar-refractivity contribution < 1.29 is 14.3 Å². The molecule has 0 aliphatic carbocycles. The van der Waals surface area contributed by atoms with Crippen molar-refractivity contribution in [3.8, 4) is 5.75 Å². The summed E-state index contributed by atoms with van der Waals surface area (Å²) < 4.78 is 10.7. The average molecular weight is 403 g/mol. The highest BCUT2D eigenvalue weighted by Crippen LogP contribution is 2.19. The molecule has 2 unspecified atom stereocenters. The summed E-state index contributed by atoms with van der Waals surface area (Å²) in [4.78, 5) is 21.1. The Kier molecular flexibility index (Phi) is 6.55. The lowest BCUT2D eigenvalue weighted by molar-refractivity contribution is 0.0137. The zero-order valence-electron chi connectivity index (χ0n) is 18.3. The van der Waals surface area contributed by atoms with Crippen LogP contribution in [0.5, 0.6) is 5.75 Å². The molecular formula is C22H34N4O3. The number of benzene rings is 1. The minimum Gasteiger partial charge on any atom is -0.497 e. The van der Waals surface area contributed by atoms with E-state index in [-0.39, 0.29) is 12.1 Å². The lowest BCUT2D eigenvalue weighted by Crippen LogP contribution is -2.57. The van der Waals surface area contributed by atoms with Crippen molar-refractivity contribution in [2.75, 3.05) is 39.8 Å². The van der Waals surface area contributed by atoms with E-state index in [4.69, 9.17) is 9.47 Å². The number of fused-ring (bicyclic) bond motifs is 1. The summed E-state index contributed by atoms with van der Waals surface area (Å²) >= 11 is 0. The molecule has 1 amide bonds. The smallest absolute Gasteiger partial charge is 0.410 e. The molecule has 3 rings (SSSR count). The van der Waals surface area contributed by atoms with Crippen molar-refractivity contribution >= 4 is 12.1 Å². The zero-order valence-corrected chi connectivity index (χ0v) is 18.3. The van der Waals surface area contributed by atoms with E-state index < -0.39 is 5.60 Å². The minimum absolute atomic E-state index is 0.230. The van der Waals surface area contributed by atoms with Crippen LogP contribution in [0.2, 0.25) is 0 Å². The molecule has 1 aromatic rings. The Balaban J connectivity index is 1.45. The van der Waals surface area contributed by atoms with Gasteiger partial charge in [-0.15, -0.1) is 0 Å². The van der Waals surface area contributed by atoms with Gasteiger partial charge in [0.05, 0.1) is 19.7 Å². The summed E-state index contributed by atoms with van der Waals surface area (Å²) in [5.41, 5.74) is 0.838. The fourth-order valence-electron chi connectivity index (χ4n) is 3.72. The maximum Gasteiger partial charge on any atom is 0.410 e. The summed E-state index contributed by atoms with van der Waals surface area (Å²) in [5.74, 6) is 2.32. The van der Waals surface area contributed by atoms with Crippen LogP contribution in [0.15, 0.2) is 29.3 Å². The fraction of sp³-hybridized carbons (Fsp3) is 0.636. The second kappa shape index (κ2) is 8.93. The Morgan fingerprint density at radius 1 is 1.28 bits per heavy atom. The molecule has 2 heterocycles. The number of ether oxygens (including phenoxy) is 2. The molecule has 2 aliphatic rings. The Morgan fingerprint density at radius 2 is 2.00 bits per heavy atom. The van der Waals surface area contributed by atoms with Crippen LogP contribution in [-0.4, -0.2) is 73.3 Å². The number of methoxy groups -OCH3 is 1. The molecule has 1 saturated heterocycles. The third kappa shape index (κ3) is 5.78. The van der Waals surface area contributed by atoms with Crippen molar-refractivity contribution in [3.63, 3.8) is 0 Å². The molecular weight excluding hydrogens is 368 g/mol. The summed E-state index contributed by atoms with van der Waals surface area (Å²) in [6, 6.07) is 8.48. The van der Waals surface area contributed by atoms with Crippen LogP contribution < -0.4 is 10.1 Å². The molecule has 0 spiro atoms. The highest BCUT2D eigenvalue weighted by molar-refractivity contribution is 5.82. The van der Waals surface area contributed by atoms with Crippen LogP contribution in [0.4, 0.5) is 4.79 Å². The number of piperazine rings is 1. The van der Waals surface area contributed by atoms with Gasteiger partial charge in [0.15, 0.2) is 5.96 Å². The van der Waals surface area contributed by atoms with Crippen molar-refractivity contribution in [1.29, 1.82) is 0 Å². The molecule has 7 nitrogen and oxygen atoms in total. The van der Waals surface area contributed by atoms with E-state index in [0.29, 0.717) is 25.6 Å². The van der Waals surface area contributed by atoms with Crippen LogP contribution in [0, 0.1) is 5.92 Å². The molecule has 0 aromatic heterocycles. The zero-order chi connectivity index (χ0) is 21.0. The van der Waals surface area contributed by atoms with E-state index in [0.717, 1.165) is 31.2 Å². The van der Waals surface area contributed by atoms with Crippen LogP contribution in [-0.2, 0) is 11.2 Å². The third-order valence-corrected chi connectivity index (χ3v) is 5.21. The fourth-order valence-corrected chi connectivity index (χ4v) is 3.72. The Hall–Kier alpha value is -2.44. The first-order chi connectivity index (χ1) is 13.7. The Bertz CT molecular complexity index is 727. The molecule has 0 bridgehead atoms. The van der Waals surface area contributed by atoms with Crippen molar-refractivity contribution in [2.24, 2.45) is 10.9 Å². The maximum atomic E-state index is 12.3. The second-order valence-electron chi connectivity index (χ2n) is 8.98. The van der Waals surface area contributed by atoms with Gasteiger partial charge in [0.1, 0.15) is 11.4 Å². The number of nitrogens with one attached hydrogen (secondary N) is 1. The van der Waals surface area contributed by atoms with Gasteiger partial charge < -0.3 is 24.6 Å². The Morgan fingerprint density at radius 3 is 2.66 bits per heavy atom. The van der Waals surface area contributed by atoms with Crippen LogP contribution in [0.25, 0.3) is 0 Å². The lowest BCUT2D eigenvalue weighted by atomic mass is 10.0.